The van der Waals surface area contributed by atoms with Gasteiger partial charge in [-0.3, -0.25) is 4.79 Å². The van der Waals surface area contributed by atoms with Crippen LogP contribution in [-0.4, -0.2) is 55.8 Å². The molecular formula is C14H24N2O3S. The summed E-state index contributed by atoms with van der Waals surface area (Å²) in [6.07, 6.45) is 3.71. The predicted octanol–water partition coefficient (Wildman–Crippen LogP) is 0.954. The molecule has 2 rings (SSSR count). The minimum atomic E-state index is -0.723. The van der Waals surface area contributed by atoms with Crippen LogP contribution in [0.5, 0.6) is 0 Å². The number of ether oxygens (including phenoxy) is 2. The zero-order chi connectivity index (χ0) is 14.6. The van der Waals surface area contributed by atoms with E-state index in [2.05, 4.69) is 0 Å². The highest BCUT2D eigenvalue weighted by atomic mass is 32.1. The van der Waals surface area contributed by atoms with Crippen LogP contribution in [0.2, 0.25) is 0 Å². The molecule has 0 spiro atoms. The molecular weight excluding hydrogens is 276 g/mol. The molecule has 1 saturated heterocycles. The normalized spacial score (nSPS) is 21.4. The van der Waals surface area contributed by atoms with Gasteiger partial charge in [0, 0.05) is 33.4 Å². The molecule has 6 heteroatoms. The summed E-state index contributed by atoms with van der Waals surface area (Å²) >= 11 is 5.14. The van der Waals surface area contributed by atoms with Crippen molar-refractivity contribution >= 4 is 23.1 Å². The number of hydrogen-bond donors (Lipinski definition) is 1. The first-order chi connectivity index (χ1) is 9.56. The Balaban J connectivity index is 1.83. The summed E-state index contributed by atoms with van der Waals surface area (Å²) in [5.74, 6) is 0.748. The summed E-state index contributed by atoms with van der Waals surface area (Å²) in [6, 6.07) is 0. The standard InChI is InChI=1S/C14H24N2O3S/c1-16(6-9-19-10-11-2-3-11)13(17)14(12(15)20)4-7-18-8-5-14/h11H,2-10H2,1H3,(H2,15,20). The first kappa shape index (κ1) is 15.7. The van der Waals surface area contributed by atoms with Gasteiger partial charge in [0.1, 0.15) is 5.41 Å². The SMILES string of the molecule is CN(CCOCC1CC1)C(=O)C1(C(N)=S)CCOCC1. The van der Waals surface area contributed by atoms with Gasteiger partial charge < -0.3 is 20.1 Å². The van der Waals surface area contributed by atoms with Gasteiger partial charge in [0.25, 0.3) is 0 Å². The third-order valence-corrected chi connectivity index (χ3v) is 4.59. The Morgan fingerprint density at radius 3 is 2.65 bits per heavy atom. The lowest BCUT2D eigenvalue weighted by Crippen LogP contribution is -2.52. The largest absolute Gasteiger partial charge is 0.392 e. The van der Waals surface area contributed by atoms with Gasteiger partial charge >= 0.3 is 0 Å². The van der Waals surface area contributed by atoms with Gasteiger partial charge in [0.2, 0.25) is 5.91 Å². The second-order valence-corrected chi connectivity index (χ2v) is 6.24. The van der Waals surface area contributed by atoms with E-state index in [0.29, 0.717) is 39.2 Å². The maximum atomic E-state index is 12.6. The Morgan fingerprint density at radius 2 is 2.10 bits per heavy atom. The summed E-state index contributed by atoms with van der Waals surface area (Å²) in [6.45, 7) is 3.04. The predicted molar refractivity (Wildman–Crippen MR) is 80.5 cm³/mol. The van der Waals surface area contributed by atoms with Gasteiger partial charge in [-0.05, 0) is 31.6 Å². The average Bonchev–Trinajstić information content (AvgIpc) is 3.27. The van der Waals surface area contributed by atoms with Crippen molar-refractivity contribution in [1.82, 2.24) is 4.90 Å². The van der Waals surface area contributed by atoms with E-state index in [1.807, 2.05) is 0 Å². The van der Waals surface area contributed by atoms with Gasteiger partial charge in [-0.1, -0.05) is 12.2 Å². The average molecular weight is 300 g/mol. The quantitative estimate of drug-likeness (QED) is 0.560. The molecule has 5 nitrogen and oxygen atoms in total. The van der Waals surface area contributed by atoms with E-state index in [-0.39, 0.29) is 10.9 Å². The Hall–Kier alpha value is -0.720. The molecule has 2 aliphatic rings. The minimum absolute atomic E-state index is 0.00308. The van der Waals surface area contributed by atoms with Gasteiger partial charge in [-0.2, -0.15) is 0 Å². The molecule has 2 fully saturated rings. The highest BCUT2D eigenvalue weighted by Crippen LogP contribution is 2.33. The number of likely N-dealkylation sites (N-methyl/N-ethyl adjacent to an activating group) is 1. The second kappa shape index (κ2) is 6.83. The highest BCUT2D eigenvalue weighted by Gasteiger charge is 2.44. The van der Waals surface area contributed by atoms with Gasteiger partial charge in [0.05, 0.1) is 11.6 Å². The summed E-state index contributed by atoms with van der Waals surface area (Å²) in [5, 5.41) is 0. The fourth-order valence-corrected chi connectivity index (χ4v) is 2.78. The number of carbonyl (C=O) groups excluding carboxylic acids is 1. The van der Waals surface area contributed by atoms with Crippen LogP contribution < -0.4 is 5.73 Å². The monoisotopic (exact) mass is 300 g/mol. The van der Waals surface area contributed by atoms with E-state index in [0.717, 1.165) is 12.5 Å². The summed E-state index contributed by atoms with van der Waals surface area (Å²) in [4.78, 5) is 14.6. The highest BCUT2D eigenvalue weighted by molar-refractivity contribution is 7.80. The number of nitrogens with zero attached hydrogens (tertiary/aromatic N) is 1. The molecule has 1 saturated carbocycles. The van der Waals surface area contributed by atoms with Gasteiger partial charge in [-0.15, -0.1) is 0 Å². The van der Waals surface area contributed by atoms with Gasteiger partial charge in [-0.25, -0.2) is 0 Å². The van der Waals surface area contributed by atoms with E-state index in [1.54, 1.807) is 11.9 Å². The fourth-order valence-electron chi connectivity index (χ4n) is 2.49. The molecule has 0 aromatic carbocycles. The number of amides is 1. The van der Waals surface area contributed by atoms with Crippen molar-refractivity contribution in [3.8, 4) is 0 Å². The fraction of sp³-hybridized carbons (Fsp3) is 0.857. The Kier molecular flexibility index (Phi) is 5.35. The Bertz CT molecular complexity index is 365. The second-order valence-electron chi connectivity index (χ2n) is 5.80. The first-order valence-corrected chi connectivity index (χ1v) is 7.68. The molecule has 114 valence electrons. The lowest BCUT2D eigenvalue weighted by atomic mass is 9.78. The summed E-state index contributed by atoms with van der Waals surface area (Å²) in [7, 11) is 1.79. The number of thiocarbonyl (C=S) groups is 1. The zero-order valence-electron chi connectivity index (χ0n) is 12.1. The van der Waals surface area contributed by atoms with Crippen LogP contribution in [0.1, 0.15) is 25.7 Å². The lowest BCUT2D eigenvalue weighted by molar-refractivity contribution is -0.141. The molecule has 2 N–H and O–H groups in total. The van der Waals surface area contributed by atoms with Crippen LogP contribution in [0, 0.1) is 11.3 Å². The molecule has 0 atom stereocenters. The third-order valence-electron chi connectivity index (χ3n) is 4.20. The number of carbonyl (C=O) groups is 1. The summed E-state index contributed by atoms with van der Waals surface area (Å²) < 4.78 is 10.9. The van der Waals surface area contributed by atoms with Crippen molar-refractivity contribution in [3.63, 3.8) is 0 Å². The van der Waals surface area contributed by atoms with Gasteiger partial charge in [0.15, 0.2) is 0 Å². The van der Waals surface area contributed by atoms with E-state index in [1.165, 1.54) is 12.8 Å². The molecule has 0 aromatic heterocycles. The van der Waals surface area contributed by atoms with Crippen LogP contribution in [-0.2, 0) is 14.3 Å². The summed E-state index contributed by atoms with van der Waals surface area (Å²) in [5.41, 5.74) is 5.12. The van der Waals surface area contributed by atoms with Crippen molar-refractivity contribution in [2.75, 3.05) is 40.0 Å². The third kappa shape index (κ3) is 3.68. The van der Waals surface area contributed by atoms with Crippen LogP contribution in [0.25, 0.3) is 0 Å². The molecule has 0 bridgehead atoms. The molecule has 1 aliphatic heterocycles. The van der Waals surface area contributed by atoms with Crippen molar-refractivity contribution in [1.29, 1.82) is 0 Å². The van der Waals surface area contributed by atoms with E-state index in [9.17, 15) is 4.79 Å². The molecule has 1 aliphatic carbocycles. The van der Waals surface area contributed by atoms with Crippen LogP contribution in [0.15, 0.2) is 0 Å². The Labute approximate surface area is 125 Å². The molecule has 20 heavy (non-hydrogen) atoms. The van der Waals surface area contributed by atoms with Crippen molar-refractivity contribution in [2.45, 2.75) is 25.7 Å². The van der Waals surface area contributed by atoms with Crippen LogP contribution in [0.4, 0.5) is 0 Å². The zero-order valence-corrected chi connectivity index (χ0v) is 12.9. The first-order valence-electron chi connectivity index (χ1n) is 7.27. The maximum Gasteiger partial charge on any atom is 0.235 e. The van der Waals surface area contributed by atoms with E-state index < -0.39 is 5.41 Å². The van der Waals surface area contributed by atoms with E-state index >= 15 is 0 Å². The molecule has 0 aromatic rings. The van der Waals surface area contributed by atoms with Crippen LogP contribution in [0.3, 0.4) is 0 Å². The minimum Gasteiger partial charge on any atom is -0.392 e. The number of rotatable bonds is 7. The maximum absolute atomic E-state index is 12.6. The number of hydrogen-bond acceptors (Lipinski definition) is 4. The van der Waals surface area contributed by atoms with E-state index in [4.69, 9.17) is 27.4 Å². The molecule has 1 amide bonds. The lowest BCUT2D eigenvalue weighted by Gasteiger charge is -2.37. The Morgan fingerprint density at radius 1 is 1.45 bits per heavy atom. The molecule has 0 radical (unpaired) electrons. The van der Waals surface area contributed by atoms with Crippen molar-refractivity contribution in [2.24, 2.45) is 17.1 Å². The molecule has 0 unspecified atom stereocenters. The topological polar surface area (TPSA) is 64.8 Å². The molecule has 1 heterocycles. The smallest absolute Gasteiger partial charge is 0.235 e. The van der Waals surface area contributed by atoms with Crippen molar-refractivity contribution < 1.29 is 14.3 Å². The van der Waals surface area contributed by atoms with Crippen molar-refractivity contribution in [3.05, 3.63) is 0 Å². The van der Waals surface area contributed by atoms with Crippen LogP contribution >= 0.6 is 12.2 Å². The number of nitrogens with two attached hydrogens (primary N) is 1.